The first kappa shape index (κ1) is 11.9. The Labute approximate surface area is 101 Å². The summed E-state index contributed by atoms with van der Waals surface area (Å²) in [5.74, 6) is 1.55. The van der Waals surface area contributed by atoms with Crippen molar-refractivity contribution in [3.05, 3.63) is 6.07 Å². The van der Waals surface area contributed by atoms with E-state index in [4.69, 9.17) is 15.2 Å². The lowest BCUT2D eigenvalue weighted by Gasteiger charge is -2.23. The van der Waals surface area contributed by atoms with Gasteiger partial charge in [-0.3, -0.25) is 0 Å². The normalized spacial score (nSPS) is 14.7. The molecule has 1 aromatic heterocycles. The van der Waals surface area contributed by atoms with Gasteiger partial charge in [0.1, 0.15) is 5.82 Å². The van der Waals surface area contributed by atoms with Crippen molar-refractivity contribution in [1.82, 2.24) is 9.97 Å². The SMILES string of the molecule is COCCN(c1cc(OC)nc(N)n1)C1CC1. The zero-order valence-electron chi connectivity index (χ0n) is 10.2. The molecule has 1 aliphatic carbocycles. The summed E-state index contributed by atoms with van der Waals surface area (Å²) in [6.07, 6.45) is 2.38. The summed E-state index contributed by atoms with van der Waals surface area (Å²) in [5.41, 5.74) is 5.66. The second kappa shape index (κ2) is 5.18. The molecule has 0 atom stereocenters. The Morgan fingerprint density at radius 3 is 2.76 bits per heavy atom. The van der Waals surface area contributed by atoms with E-state index in [9.17, 15) is 0 Å². The van der Waals surface area contributed by atoms with Gasteiger partial charge in [-0.2, -0.15) is 9.97 Å². The molecular weight excluding hydrogens is 220 g/mol. The van der Waals surface area contributed by atoms with Crippen LogP contribution >= 0.6 is 0 Å². The van der Waals surface area contributed by atoms with E-state index < -0.39 is 0 Å². The molecule has 0 bridgehead atoms. The summed E-state index contributed by atoms with van der Waals surface area (Å²) in [5, 5.41) is 0. The highest BCUT2D eigenvalue weighted by molar-refractivity contribution is 5.47. The number of nitrogens with two attached hydrogens (primary N) is 1. The van der Waals surface area contributed by atoms with E-state index in [0.29, 0.717) is 18.5 Å². The molecule has 0 radical (unpaired) electrons. The summed E-state index contributed by atoms with van der Waals surface area (Å²) < 4.78 is 10.2. The Bertz CT molecular complexity index is 382. The Hall–Kier alpha value is -1.56. The van der Waals surface area contributed by atoms with Gasteiger partial charge >= 0.3 is 0 Å². The van der Waals surface area contributed by atoms with Crippen LogP contribution in [0.2, 0.25) is 0 Å². The molecule has 0 aromatic carbocycles. The maximum absolute atomic E-state index is 5.66. The first-order chi connectivity index (χ1) is 8.24. The van der Waals surface area contributed by atoms with Crippen LogP contribution in [0, 0.1) is 0 Å². The number of nitrogens with zero attached hydrogens (tertiary/aromatic N) is 3. The van der Waals surface area contributed by atoms with Crippen molar-refractivity contribution in [2.75, 3.05) is 38.0 Å². The van der Waals surface area contributed by atoms with Crippen molar-refractivity contribution < 1.29 is 9.47 Å². The van der Waals surface area contributed by atoms with E-state index in [1.54, 1.807) is 14.2 Å². The van der Waals surface area contributed by atoms with Crippen molar-refractivity contribution in [3.63, 3.8) is 0 Å². The van der Waals surface area contributed by atoms with Gasteiger partial charge in [0.15, 0.2) is 0 Å². The topological polar surface area (TPSA) is 73.5 Å². The van der Waals surface area contributed by atoms with Crippen molar-refractivity contribution in [3.8, 4) is 5.88 Å². The van der Waals surface area contributed by atoms with Gasteiger partial charge in [0.05, 0.1) is 13.7 Å². The van der Waals surface area contributed by atoms with Crippen molar-refractivity contribution in [2.24, 2.45) is 0 Å². The van der Waals surface area contributed by atoms with E-state index in [1.807, 2.05) is 6.07 Å². The maximum Gasteiger partial charge on any atom is 0.225 e. The fourth-order valence-electron chi connectivity index (χ4n) is 1.74. The fraction of sp³-hybridized carbons (Fsp3) is 0.636. The monoisotopic (exact) mass is 238 g/mol. The van der Waals surface area contributed by atoms with Crippen LogP contribution in [-0.4, -0.2) is 43.4 Å². The maximum atomic E-state index is 5.66. The highest BCUT2D eigenvalue weighted by Gasteiger charge is 2.30. The van der Waals surface area contributed by atoms with Crippen LogP contribution in [0.5, 0.6) is 5.88 Å². The molecule has 17 heavy (non-hydrogen) atoms. The molecule has 1 saturated carbocycles. The Morgan fingerprint density at radius 1 is 1.41 bits per heavy atom. The first-order valence-electron chi connectivity index (χ1n) is 5.68. The minimum atomic E-state index is 0.238. The molecule has 0 unspecified atom stereocenters. The van der Waals surface area contributed by atoms with E-state index in [0.717, 1.165) is 12.4 Å². The average molecular weight is 238 g/mol. The van der Waals surface area contributed by atoms with Crippen LogP contribution in [0.15, 0.2) is 6.07 Å². The van der Waals surface area contributed by atoms with Crippen LogP contribution in [0.3, 0.4) is 0 Å². The van der Waals surface area contributed by atoms with Crippen LogP contribution in [0.4, 0.5) is 11.8 Å². The van der Waals surface area contributed by atoms with Gasteiger partial charge in [0.2, 0.25) is 11.8 Å². The van der Waals surface area contributed by atoms with E-state index in [-0.39, 0.29) is 5.95 Å². The van der Waals surface area contributed by atoms with Crippen LogP contribution < -0.4 is 15.4 Å². The van der Waals surface area contributed by atoms with Crippen molar-refractivity contribution in [1.29, 1.82) is 0 Å². The summed E-state index contributed by atoms with van der Waals surface area (Å²) in [7, 11) is 3.27. The van der Waals surface area contributed by atoms with E-state index in [2.05, 4.69) is 14.9 Å². The Morgan fingerprint density at radius 2 is 2.18 bits per heavy atom. The molecule has 0 amide bonds. The second-order valence-electron chi connectivity index (χ2n) is 4.04. The summed E-state index contributed by atoms with van der Waals surface area (Å²) >= 11 is 0. The number of methoxy groups -OCH3 is 2. The van der Waals surface area contributed by atoms with E-state index in [1.165, 1.54) is 12.8 Å². The molecule has 1 heterocycles. The molecule has 0 spiro atoms. The molecule has 6 heteroatoms. The average Bonchev–Trinajstić information content (AvgIpc) is 3.13. The van der Waals surface area contributed by atoms with Crippen LogP contribution in [0.1, 0.15) is 12.8 Å². The fourth-order valence-corrected chi connectivity index (χ4v) is 1.74. The van der Waals surface area contributed by atoms with Gasteiger partial charge in [-0.15, -0.1) is 0 Å². The molecule has 0 saturated heterocycles. The number of hydrogen-bond acceptors (Lipinski definition) is 6. The predicted octanol–water partition coefficient (Wildman–Crippen LogP) is 0.683. The Balaban J connectivity index is 2.18. The third-order valence-electron chi connectivity index (χ3n) is 2.73. The third kappa shape index (κ3) is 2.97. The van der Waals surface area contributed by atoms with Crippen molar-refractivity contribution >= 4 is 11.8 Å². The zero-order valence-corrected chi connectivity index (χ0v) is 10.2. The minimum Gasteiger partial charge on any atom is -0.481 e. The van der Waals surface area contributed by atoms with Gasteiger partial charge < -0.3 is 20.1 Å². The largest absolute Gasteiger partial charge is 0.481 e. The van der Waals surface area contributed by atoms with Gasteiger partial charge in [-0.05, 0) is 12.8 Å². The number of rotatable bonds is 6. The molecular formula is C11H18N4O2. The highest BCUT2D eigenvalue weighted by atomic mass is 16.5. The lowest BCUT2D eigenvalue weighted by molar-refractivity contribution is 0.204. The zero-order chi connectivity index (χ0) is 12.3. The standard InChI is InChI=1S/C11H18N4O2/c1-16-6-5-15(8-3-4-8)9-7-10(17-2)14-11(12)13-9/h7-8H,3-6H2,1-2H3,(H2,12,13,14). The van der Waals surface area contributed by atoms with E-state index >= 15 is 0 Å². The van der Waals surface area contributed by atoms with Gasteiger partial charge in [-0.25, -0.2) is 0 Å². The second-order valence-corrected chi connectivity index (χ2v) is 4.04. The number of hydrogen-bond donors (Lipinski definition) is 1. The highest BCUT2D eigenvalue weighted by Crippen LogP contribution is 2.31. The predicted molar refractivity (Wildman–Crippen MR) is 65.2 cm³/mol. The molecule has 94 valence electrons. The molecule has 6 nitrogen and oxygen atoms in total. The smallest absolute Gasteiger partial charge is 0.225 e. The molecule has 1 aliphatic rings. The molecule has 2 rings (SSSR count). The van der Waals surface area contributed by atoms with Crippen LogP contribution in [0.25, 0.3) is 0 Å². The number of anilines is 2. The molecule has 1 aromatic rings. The lowest BCUT2D eigenvalue weighted by Crippen LogP contribution is -2.30. The number of aromatic nitrogens is 2. The van der Waals surface area contributed by atoms with Gasteiger partial charge in [0.25, 0.3) is 0 Å². The minimum absolute atomic E-state index is 0.238. The van der Waals surface area contributed by atoms with Gasteiger partial charge in [-0.1, -0.05) is 0 Å². The number of ether oxygens (including phenoxy) is 2. The molecule has 1 fully saturated rings. The Kier molecular flexibility index (Phi) is 3.63. The molecule has 0 aliphatic heterocycles. The summed E-state index contributed by atoms with van der Waals surface area (Å²) in [6.45, 7) is 1.48. The van der Waals surface area contributed by atoms with Crippen molar-refractivity contribution in [2.45, 2.75) is 18.9 Å². The lowest BCUT2D eigenvalue weighted by atomic mass is 10.4. The quantitative estimate of drug-likeness (QED) is 0.785. The third-order valence-corrected chi connectivity index (χ3v) is 2.73. The van der Waals surface area contributed by atoms with Gasteiger partial charge in [0, 0.05) is 25.8 Å². The summed E-state index contributed by atoms with van der Waals surface area (Å²) in [6, 6.07) is 2.36. The molecule has 2 N–H and O–H groups in total. The summed E-state index contributed by atoms with van der Waals surface area (Å²) in [4.78, 5) is 10.4. The van der Waals surface area contributed by atoms with Crippen LogP contribution in [-0.2, 0) is 4.74 Å². The number of nitrogen functional groups attached to an aromatic ring is 1. The first-order valence-corrected chi connectivity index (χ1v) is 5.68.